The topological polar surface area (TPSA) is 124 Å². The van der Waals surface area contributed by atoms with E-state index in [1.54, 1.807) is 0 Å². The van der Waals surface area contributed by atoms with Crippen molar-refractivity contribution in [2.45, 2.75) is 31.8 Å². The Balaban J connectivity index is 2.54. The molecule has 1 aliphatic rings. The Morgan fingerprint density at radius 3 is 2.57 bits per heavy atom. The molecular weight excluding hydrogens is 300 g/mol. The van der Waals surface area contributed by atoms with Crippen molar-refractivity contribution in [1.29, 1.82) is 0 Å². The largest absolute Gasteiger partial charge is 0.481 e. The van der Waals surface area contributed by atoms with Gasteiger partial charge in [0.25, 0.3) is 0 Å². The van der Waals surface area contributed by atoms with Crippen LogP contribution in [0.5, 0.6) is 0 Å². The molecule has 8 nitrogen and oxygen atoms in total. The Morgan fingerprint density at radius 2 is 2.05 bits per heavy atom. The van der Waals surface area contributed by atoms with Crippen LogP contribution >= 0.6 is 0 Å². The van der Waals surface area contributed by atoms with Crippen LogP contribution in [0.25, 0.3) is 0 Å². The third kappa shape index (κ3) is 5.98. The fourth-order valence-corrected chi connectivity index (χ4v) is 3.18. The number of piperidine rings is 1. The monoisotopic (exact) mass is 322 g/mol. The Labute approximate surface area is 124 Å². The van der Waals surface area contributed by atoms with Crippen LogP contribution in [0.2, 0.25) is 0 Å². The first kappa shape index (κ1) is 17.9. The van der Waals surface area contributed by atoms with E-state index in [-0.39, 0.29) is 19.0 Å². The van der Waals surface area contributed by atoms with E-state index in [4.69, 9.17) is 5.11 Å². The first-order chi connectivity index (χ1) is 9.51. The number of carbonyl (C=O) groups excluding carboxylic acids is 1. The van der Waals surface area contributed by atoms with Crippen LogP contribution in [0.1, 0.15) is 26.2 Å². The molecule has 21 heavy (non-hydrogen) atoms. The van der Waals surface area contributed by atoms with Crippen molar-refractivity contribution >= 4 is 21.9 Å². The predicted molar refractivity (Wildman–Crippen MR) is 75.0 cm³/mol. The zero-order valence-corrected chi connectivity index (χ0v) is 13.0. The fourth-order valence-electron chi connectivity index (χ4n) is 2.27. The van der Waals surface area contributed by atoms with Crippen LogP contribution in [0.15, 0.2) is 0 Å². The minimum Gasteiger partial charge on any atom is -0.481 e. The molecule has 2 unspecified atom stereocenters. The number of aliphatic carboxylic acids is 1. The number of aliphatic hydroxyl groups is 1. The quantitative estimate of drug-likeness (QED) is 0.576. The van der Waals surface area contributed by atoms with E-state index in [1.165, 1.54) is 11.2 Å². The molecule has 1 rings (SSSR count). The summed E-state index contributed by atoms with van der Waals surface area (Å²) in [4.78, 5) is 22.6. The van der Waals surface area contributed by atoms with Gasteiger partial charge in [0.1, 0.15) is 0 Å². The molecule has 1 amide bonds. The van der Waals surface area contributed by atoms with E-state index in [0.717, 1.165) is 6.26 Å². The Morgan fingerprint density at radius 1 is 1.43 bits per heavy atom. The van der Waals surface area contributed by atoms with Crippen molar-refractivity contribution in [1.82, 2.24) is 9.62 Å². The molecule has 0 spiro atoms. The smallest absolute Gasteiger partial charge is 0.306 e. The zero-order chi connectivity index (χ0) is 16.3. The second-order valence-electron chi connectivity index (χ2n) is 5.75. The van der Waals surface area contributed by atoms with E-state index < -0.39 is 33.9 Å². The molecule has 0 aromatic heterocycles. The Hall–Kier alpha value is -1.19. The molecule has 122 valence electrons. The molecule has 1 fully saturated rings. The molecule has 3 N–H and O–H groups in total. The summed E-state index contributed by atoms with van der Waals surface area (Å²) in [6.07, 6.45) is 1.79. The van der Waals surface area contributed by atoms with Gasteiger partial charge in [-0.3, -0.25) is 9.59 Å². The molecule has 0 aliphatic carbocycles. The van der Waals surface area contributed by atoms with E-state index in [0.29, 0.717) is 19.4 Å². The average molecular weight is 322 g/mol. The predicted octanol–water partition coefficient (Wildman–Crippen LogP) is -1.00. The number of rotatable bonds is 6. The molecule has 0 aromatic carbocycles. The minimum absolute atomic E-state index is 0.117. The van der Waals surface area contributed by atoms with Crippen molar-refractivity contribution in [2.24, 2.45) is 5.92 Å². The molecule has 0 radical (unpaired) electrons. The molecule has 0 saturated carbocycles. The lowest BCUT2D eigenvalue weighted by molar-refractivity contribution is -0.142. The lowest BCUT2D eigenvalue weighted by Gasteiger charge is -2.31. The third-order valence-corrected chi connectivity index (χ3v) is 4.67. The average Bonchev–Trinajstić information content (AvgIpc) is 2.33. The van der Waals surface area contributed by atoms with Gasteiger partial charge in [0, 0.05) is 19.6 Å². The summed E-state index contributed by atoms with van der Waals surface area (Å²) in [5.41, 5.74) is -1.54. The van der Waals surface area contributed by atoms with Crippen LogP contribution in [0, 0.1) is 5.92 Å². The van der Waals surface area contributed by atoms with Crippen molar-refractivity contribution in [3.05, 3.63) is 0 Å². The highest BCUT2D eigenvalue weighted by Gasteiger charge is 2.31. The SMILES string of the molecule is CC(O)(CNC(=O)C1CCCN(S(C)(=O)=O)C1)CC(=O)O. The summed E-state index contributed by atoms with van der Waals surface area (Å²) >= 11 is 0. The summed E-state index contributed by atoms with van der Waals surface area (Å²) in [6, 6.07) is 0. The standard InChI is InChI=1S/C12H22N2O6S/c1-12(18,6-10(15)16)8-13-11(17)9-4-3-5-14(7-9)21(2,19)20/h9,18H,3-8H2,1-2H3,(H,13,17)(H,15,16). The van der Waals surface area contributed by atoms with Crippen molar-refractivity contribution in [2.75, 3.05) is 25.9 Å². The normalized spacial score (nSPS) is 23.3. The fraction of sp³-hybridized carbons (Fsp3) is 0.833. The van der Waals surface area contributed by atoms with Crippen molar-refractivity contribution in [3.63, 3.8) is 0 Å². The number of amides is 1. The lowest BCUT2D eigenvalue weighted by Crippen LogP contribution is -2.48. The van der Waals surface area contributed by atoms with E-state index in [9.17, 15) is 23.1 Å². The molecule has 0 aromatic rings. The second kappa shape index (κ2) is 6.71. The highest BCUT2D eigenvalue weighted by molar-refractivity contribution is 7.88. The second-order valence-corrected chi connectivity index (χ2v) is 7.73. The summed E-state index contributed by atoms with van der Waals surface area (Å²) in [5.74, 6) is -2.00. The first-order valence-corrected chi connectivity index (χ1v) is 8.53. The summed E-state index contributed by atoms with van der Waals surface area (Å²) < 4.78 is 24.2. The molecule has 1 aliphatic heterocycles. The van der Waals surface area contributed by atoms with Crippen LogP contribution in [0.3, 0.4) is 0 Å². The van der Waals surface area contributed by atoms with Crippen LogP contribution in [0.4, 0.5) is 0 Å². The summed E-state index contributed by atoms with van der Waals surface area (Å²) in [6.45, 7) is 1.66. The van der Waals surface area contributed by atoms with Gasteiger partial charge >= 0.3 is 5.97 Å². The lowest BCUT2D eigenvalue weighted by atomic mass is 9.97. The van der Waals surface area contributed by atoms with Gasteiger partial charge in [0.15, 0.2) is 0 Å². The third-order valence-electron chi connectivity index (χ3n) is 3.40. The van der Waals surface area contributed by atoms with Gasteiger partial charge in [0.2, 0.25) is 15.9 Å². The number of nitrogens with one attached hydrogen (secondary N) is 1. The van der Waals surface area contributed by atoms with Gasteiger partial charge in [-0.05, 0) is 19.8 Å². The van der Waals surface area contributed by atoms with Crippen LogP contribution < -0.4 is 5.32 Å². The first-order valence-electron chi connectivity index (χ1n) is 6.68. The highest BCUT2D eigenvalue weighted by Crippen LogP contribution is 2.19. The zero-order valence-electron chi connectivity index (χ0n) is 12.2. The highest BCUT2D eigenvalue weighted by atomic mass is 32.2. The molecule has 1 heterocycles. The van der Waals surface area contributed by atoms with E-state index >= 15 is 0 Å². The maximum absolute atomic E-state index is 12.0. The molecular formula is C12H22N2O6S. The van der Waals surface area contributed by atoms with Crippen molar-refractivity contribution < 1.29 is 28.2 Å². The Bertz CT molecular complexity index is 502. The molecule has 2 atom stereocenters. The Kier molecular flexibility index (Phi) is 5.71. The van der Waals surface area contributed by atoms with Crippen LogP contribution in [-0.4, -0.2) is 66.3 Å². The molecule has 1 saturated heterocycles. The van der Waals surface area contributed by atoms with Gasteiger partial charge in [-0.2, -0.15) is 0 Å². The van der Waals surface area contributed by atoms with Gasteiger partial charge in [-0.1, -0.05) is 0 Å². The van der Waals surface area contributed by atoms with Gasteiger partial charge < -0.3 is 15.5 Å². The summed E-state index contributed by atoms with van der Waals surface area (Å²) in [7, 11) is -3.33. The summed E-state index contributed by atoms with van der Waals surface area (Å²) in [5, 5.41) is 20.9. The molecule has 0 bridgehead atoms. The number of hydrogen-bond donors (Lipinski definition) is 3. The number of carboxylic acid groups (broad SMARTS) is 1. The number of hydrogen-bond acceptors (Lipinski definition) is 5. The van der Waals surface area contributed by atoms with Crippen LogP contribution in [-0.2, 0) is 19.6 Å². The molecule has 9 heteroatoms. The van der Waals surface area contributed by atoms with Crippen molar-refractivity contribution in [3.8, 4) is 0 Å². The van der Waals surface area contributed by atoms with Gasteiger partial charge in [-0.15, -0.1) is 0 Å². The number of carbonyl (C=O) groups is 2. The number of sulfonamides is 1. The number of nitrogens with zero attached hydrogens (tertiary/aromatic N) is 1. The van der Waals surface area contributed by atoms with Gasteiger partial charge in [0.05, 0.1) is 24.2 Å². The minimum atomic E-state index is -3.33. The maximum Gasteiger partial charge on any atom is 0.306 e. The maximum atomic E-state index is 12.0. The number of carboxylic acids is 1. The van der Waals surface area contributed by atoms with E-state index in [1.807, 2.05) is 0 Å². The van der Waals surface area contributed by atoms with Gasteiger partial charge in [-0.25, -0.2) is 12.7 Å². The van der Waals surface area contributed by atoms with E-state index in [2.05, 4.69) is 5.32 Å².